The molecule has 0 amide bonds. The van der Waals surface area contributed by atoms with Crippen molar-refractivity contribution >= 4 is 5.69 Å². The molecular weight excluding hydrogens is 248 g/mol. The number of piperazine rings is 1. The maximum absolute atomic E-state index is 5.25. The Morgan fingerprint density at radius 2 is 2.15 bits per heavy atom. The van der Waals surface area contributed by atoms with Crippen LogP contribution in [0.1, 0.15) is 33.3 Å². The number of anilines is 1. The first-order chi connectivity index (χ1) is 9.43. The van der Waals surface area contributed by atoms with Gasteiger partial charge >= 0.3 is 0 Å². The molecule has 1 heterocycles. The summed E-state index contributed by atoms with van der Waals surface area (Å²) in [4.78, 5) is 2.56. The summed E-state index contributed by atoms with van der Waals surface area (Å²) >= 11 is 0. The molecule has 20 heavy (non-hydrogen) atoms. The number of ether oxygens (including phenoxy) is 1. The zero-order valence-corrected chi connectivity index (χ0v) is 13.4. The van der Waals surface area contributed by atoms with Crippen LogP contribution in [0.15, 0.2) is 24.3 Å². The molecular formula is C17H28N2O. The van der Waals surface area contributed by atoms with E-state index in [9.17, 15) is 0 Å². The molecule has 1 unspecified atom stereocenters. The summed E-state index contributed by atoms with van der Waals surface area (Å²) in [6.45, 7) is 11.9. The minimum Gasteiger partial charge on any atom is -0.380 e. The van der Waals surface area contributed by atoms with Crippen molar-refractivity contribution in [3.05, 3.63) is 29.8 Å². The van der Waals surface area contributed by atoms with Crippen LogP contribution in [0.3, 0.4) is 0 Å². The van der Waals surface area contributed by atoms with E-state index < -0.39 is 0 Å². The van der Waals surface area contributed by atoms with Crippen molar-refractivity contribution in [1.29, 1.82) is 0 Å². The molecule has 1 saturated heterocycles. The van der Waals surface area contributed by atoms with Crippen LogP contribution >= 0.6 is 0 Å². The molecule has 0 bridgehead atoms. The summed E-state index contributed by atoms with van der Waals surface area (Å²) in [5, 5.41) is 3.66. The lowest BCUT2D eigenvalue weighted by Crippen LogP contribution is -2.63. The minimum absolute atomic E-state index is 0.155. The Labute approximate surface area is 123 Å². The van der Waals surface area contributed by atoms with Crippen LogP contribution in [0, 0.1) is 5.92 Å². The Morgan fingerprint density at radius 3 is 2.80 bits per heavy atom. The Morgan fingerprint density at radius 1 is 1.40 bits per heavy atom. The smallest absolute Gasteiger partial charge is 0.0713 e. The molecule has 0 aromatic heterocycles. The van der Waals surface area contributed by atoms with Crippen LogP contribution in [-0.2, 0) is 11.3 Å². The molecule has 1 atom stereocenters. The second kappa shape index (κ2) is 6.15. The Bertz CT molecular complexity index is 442. The molecule has 0 aliphatic carbocycles. The zero-order valence-electron chi connectivity index (χ0n) is 13.4. The van der Waals surface area contributed by atoms with Gasteiger partial charge in [-0.1, -0.05) is 26.0 Å². The number of rotatable bonds is 4. The second-order valence-corrected chi connectivity index (χ2v) is 6.81. The molecule has 0 saturated carbocycles. The molecule has 2 rings (SSSR count). The van der Waals surface area contributed by atoms with Gasteiger partial charge in [0.25, 0.3) is 0 Å². The fourth-order valence-corrected chi connectivity index (χ4v) is 2.96. The maximum Gasteiger partial charge on any atom is 0.0713 e. The largest absolute Gasteiger partial charge is 0.380 e. The van der Waals surface area contributed by atoms with Gasteiger partial charge in [-0.3, -0.25) is 0 Å². The molecule has 1 fully saturated rings. The highest BCUT2D eigenvalue weighted by atomic mass is 16.5. The van der Waals surface area contributed by atoms with Crippen molar-refractivity contribution in [2.75, 3.05) is 25.1 Å². The summed E-state index contributed by atoms with van der Waals surface area (Å²) < 4.78 is 5.25. The standard InChI is InChI=1S/C17H28N2O/c1-13(2)16-10-18-17(3,4)12-19(16)15-8-6-7-14(9-15)11-20-5/h6-9,13,16,18H,10-12H2,1-5H3. The van der Waals surface area contributed by atoms with Gasteiger partial charge in [0.05, 0.1) is 6.61 Å². The van der Waals surface area contributed by atoms with Crippen LogP contribution < -0.4 is 10.2 Å². The van der Waals surface area contributed by atoms with Crippen molar-refractivity contribution in [1.82, 2.24) is 5.32 Å². The summed E-state index contributed by atoms with van der Waals surface area (Å²) in [5.74, 6) is 0.629. The fourth-order valence-electron chi connectivity index (χ4n) is 2.96. The van der Waals surface area contributed by atoms with Crippen LogP contribution in [0.4, 0.5) is 5.69 Å². The quantitative estimate of drug-likeness (QED) is 0.915. The fraction of sp³-hybridized carbons (Fsp3) is 0.647. The average Bonchev–Trinajstić information content (AvgIpc) is 2.38. The van der Waals surface area contributed by atoms with Crippen molar-refractivity contribution < 1.29 is 4.74 Å². The van der Waals surface area contributed by atoms with Crippen LogP contribution in [0.2, 0.25) is 0 Å². The number of nitrogens with one attached hydrogen (secondary N) is 1. The summed E-state index contributed by atoms with van der Waals surface area (Å²) in [5.41, 5.74) is 2.71. The van der Waals surface area contributed by atoms with E-state index in [0.717, 1.165) is 13.1 Å². The molecule has 0 spiro atoms. The predicted molar refractivity (Wildman–Crippen MR) is 85.2 cm³/mol. The van der Waals surface area contributed by atoms with Crippen molar-refractivity contribution in [3.63, 3.8) is 0 Å². The van der Waals surface area contributed by atoms with E-state index in [-0.39, 0.29) is 5.54 Å². The summed E-state index contributed by atoms with van der Waals surface area (Å²) in [6, 6.07) is 9.29. The van der Waals surface area contributed by atoms with Gasteiger partial charge in [-0.05, 0) is 37.5 Å². The molecule has 1 aliphatic heterocycles. The normalized spacial score (nSPS) is 22.3. The molecule has 0 radical (unpaired) electrons. The van der Waals surface area contributed by atoms with Gasteiger partial charge in [0.2, 0.25) is 0 Å². The number of hydrogen-bond donors (Lipinski definition) is 1. The Hall–Kier alpha value is -1.06. The van der Waals surface area contributed by atoms with Crippen LogP contribution in [0.5, 0.6) is 0 Å². The third-order valence-electron chi connectivity index (χ3n) is 4.08. The number of nitrogens with zero attached hydrogens (tertiary/aromatic N) is 1. The predicted octanol–water partition coefficient (Wildman–Crippen LogP) is 3.05. The Kier molecular flexibility index (Phi) is 4.71. The van der Waals surface area contributed by atoms with E-state index in [1.807, 2.05) is 0 Å². The molecule has 1 aliphatic rings. The average molecular weight is 276 g/mol. The summed E-state index contributed by atoms with van der Waals surface area (Å²) in [6.07, 6.45) is 0. The maximum atomic E-state index is 5.25. The second-order valence-electron chi connectivity index (χ2n) is 6.81. The SMILES string of the molecule is COCc1cccc(N2CC(C)(C)NCC2C(C)C)c1. The van der Waals surface area contributed by atoms with Crippen molar-refractivity contribution in [2.24, 2.45) is 5.92 Å². The van der Waals surface area contributed by atoms with Gasteiger partial charge in [0, 0.05) is 37.5 Å². The minimum atomic E-state index is 0.155. The molecule has 112 valence electrons. The molecule has 3 nitrogen and oxygen atoms in total. The lowest BCUT2D eigenvalue weighted by Gasteiger charge is -2.47. The van der Waals surface area contributed by atoms with Crippen LogP contribution in [0.25, 0.3) is 0 Å². The number of methoxy groups -OCH3 is 1. The number of benzene rings is 1. The highest BCUT2D eigenvalue weighted by Gasteiger charge is 2.34. The lowest BCUT2D eigenvalue weighted by atomic mass is 9.92. The van der Waals surface area contributed by atoms with Crippen molar-refractivity contribution in [3.8, 4) is 0 Å². The molecule has 1 N–H and O–H groups in total. The van der Waals surface area contributed by atoms with E-state index in [1.54, 1.807) is 7.11 Å². The van der Waals surface area contributed by atoms with E-state index in [2.05, 4.69) is 62.2 Å². The van der Waals surface area contributed by atoms with E-state index in [1.165, 1.54) is 11.3 Å². The third kappa shape index (κ3) is 3.53. The molecule has 3 heteroatoms. The molecule has 1 aromatic carbocycles. The number of hydrogen-bond acceptors (Lipinski definition) is 3. The highest BCUT2D eigenvalue weighted by Crippen LogP contribution is 2.27. The van der Waals surface area contributed by atoms with Gasteiger partial charge < -0.3 is 15.0 Å². The lowest BCUT2D eigenvalue weighted by molar-refractivity contribution is 0.185. The summed E-state index contributed by atoms with van der Waals surface area (Å²) in [7, 11) is 1.75. The van der Waals surface area contributed by atoms with E-state index >= 15 is 0 Å². The first-order valence-corrected chi connectivity index (χ1v) is 7.52. The van der Waals surface area contributed by atoms with Crippen molar-refractivity contribution in [2.45, 2.75) is 45.9 Å². The highest BCUT2D eigenvalue weighted by molar-refractivity contribution is 5.51. The zero-order chi connectivity index (χ0) is 14.8. The van der Waals surface area contributed by atoms with Gasteiger partial charge in [0.1, 0.15) is 0 Å². The van der Waals surface area contributed by atoms with E-state index in [4.69, 9.17) is 4.74 Å². The van der Waals surface area contributed by atoms with E-state index in [0.29, 0.717) is 18.6 Å². The van der Waals surface area contributed by atoms with Gasteiger partial charge in [-0.25, -0.2) is 0 Å². The third-order valence-corrected chi connectivity index (χ3v) is 4.08. The van der Waals surface area contributed by atoms with Gasteiger partial charge in [-0.15, -0.1) is 0 Å². The van der Waals surface area contributed by atoms with Gasteiger partial charge in [-0.2, -0.15) is 0 Å². The topological polar surface area (TPSA) is 24.5 Å². The Balaban J connectivity index is 2.27. The first-order valence-electron chi connectivity index (χ1n) is 7.52. The monoisotopic (exact) mass is 276 g/mol. The molecule has 1 aromatic rings. The first kappa shape index (κ1) is 15.3. The van der Waals surface area contributed by atoms with Gasteiger partial charge in [0.15, 0.2) is 0 Å². The van der Waals surface area contributed by atoms with Crippen LogP contribution in [-0.4, -0.2) is 31.8 Å².